The fourth-order valence-electron chi connectivity index (χ4n) is 2.95. The number of hydrazone groups is 1. The normalized spacial score (nSPS) is 15.6. The predicted molar refractivity (Wildman–Crippen MR) is 114 cm³/mol. The fourth-order valence-corrected chi connectivity index (χ4v) is 3.79. The molecule has 1 aromatic rings. The van der Waals surface area contributed by atoms with Gasteiger partial charge >= 0.3 is 35.5 Å². The number of carboxylic acid groups (broad SMARTS) is 1. The first-order chi connectivity index (χ1) is 13.0. The number of hydrogen-bond acceptors (Lipinski definition) is 5. The van der Waals surface area contributed by atoms with E-state index in [-0.39, 0.29) is 46.3 Å². The van der Waals surface area contributed by atoms with Crippen molar-refractivity contribution in [3.05, 3.63) is 35.9 Å². The first-order valence-corrected chi connectivity index (χ1v) is 10.3. The number of hydrogen-bond donors (Lipinski definition) is 1. The van der Waals surface area contributed by atoms with E-state index >= 15 is 0 Å². The maximum atomic E-state index is 12.6. The minimum atomic E-state index is -1.11. The van der Waals surface area contributed by atoms with Crippen LogP contribution in [0.4, 0.5) is 0 Å². The summed E-state index contributed by atoms with van der Waals surface area (Å²) in [6, 6.07) is 8.87. The molecule has 1 amide bonds. The van der Waals surface area contributed by atoms with Crippen molar-refractivity contribution in [2.75, 3.05) is 12.3 Å². The van der Waals surface area contributed by atoms with Gasteiger partial charge in [-0.1, -0.05) is 68.3 Å². The second-order valence-corrected chi connectivity index (χ2v) is 7.81. The molecule has 1 saturated carbocycles. The summed E-state index contributed by atoms with van der Waals surface area (Å²) >= 11 is 1.06. The van der Waals surface area contributed by atoms with Crippen LogP contribution in [0.2, 0.25) is 0 Å². The second kappa shape index (κ2) is 13.1. The molecular weight excluding hydrogens is 387 g/mol. The summed E-state index contributed by atoms with van der Waals surface area (Å²) in [6.07, 6.45) is 7.25. The van der Waals surface area contributed by atoms with Crippen LogP contribution in [0.3, 0.4) is 0 Å². The van der Waals surface area contributed by atoms with Crippen LogP contribution < -0.4 is 0 Å². The van der Waals surface area contributed by atoms with Crippen molar-refractivity contribution in [3.63, 3.8) is 0 Å². The van der Waals surface area contributed by atoms with Gasteiger partial charge in [-0.2, -0.15) is 5.10 Å². The number of carbonyl (C=O) groups excluding carboxylic acids is 2. The second-order valence-electron chi connectivity index (χ2n) is 6.82. The number of rotatable bonds is 8. The van der Waals surface area contributed by atoms with Gasteiger partial charge < -0.3 is 5.11 Å². The molecule has 0 saturated heterocycles. The number of thioether (sulfide) groups is 1. The molecular formula is C20H27N2NaO4S. The number of carboxylic acids is 1. The summed E-state index contributed by atoms with van der Waals surface area (Å²) in [5.74, 6) is -1.42. The predicted octanol–water partition coefficient (Wildman–Crippen LogP) is 3.03. The van der Waals surface area contributed by atoms with Gasteiger partial charge in [-0.25, -0.2) is 5.01 Å². The van der Waals surface area contributed by atoms with E-state index in [1.165, 1.54) is 6.42 Å². The monoisotopic (exact) mass is 414 g/mol. The molecule has 8 heteroatoms. The molecule has 0 radical (unpaired) electrons. The Kier molecular flexibility index (Phi) is 11.7. The summed E-state index contributed by atoms with van der Waals surface area (Å²) in [7, 11) is 0. The molecule has 1 atom stereocenters. The molecule has 1 aliphatic carbocycles. The van der Waals surface area contributed by atoms with Gasteiger partial charge in [0.15, 0.2) is 0 Å². The Bertz CT molecular complexity index is 678. The molecule has 1 N–H and O–H groups in total. The first-order valence-electron chi connectivity index (χ1n) is 9.27. The Hall–Kier alpha value is -1.15. The van der Waals surface area contributed by atoms with Crippen molar-refractivity contribution >= 4 is 64.5 Å². The van der Waals surface area contributed by atoms with Crippen molar-refractivity contribution < 1.29 is 19.5 Å². The Morgan fingerprint density at radius 3 is 2.46 bits per heavy atom. The molecule has 28 heavy (non-hydrogen) atoms. The van der Waals surface area contributed by atoms with E-state index in [2.05, 4.69) is 5.10 Å². The van der Waals surface area contributed by atoms with Gasteiger partial charge in [-0.3, -0.25) is 14.4 Å². The van der Waals surface area contributed by atoms with Gasteiger partial charge in [0.05, 0.1) is 0 Å². The Morgan fingerprint density at radius 2 is 1.86 bits per heavy atom. The van der Waals surface area contributed by atoms with Crippen LogP contribution in [-0.2, 0) is 9.59 Å². The van der Waals surface area contributed by atoms with Gasteiger partial charge in [-0.15, -0.1) is 0 Å². The Morgan fingerprint density at radius 1 is 1.21 bits per heavy atom. The molecule has 1 aliphatic rings. The van der Waals surface area contributed by atoms with Crippen LogP contribution in [0.25, 0.3) is 0 Å². The number of nitrogens with zero attached hydrogens (tertiary/aromatic N) is 2. The topological polar surface area (TPSA) is 87.0 Å². The number of benzene rings is 1. The zero-order valence-corrected chi connectivity index (χ0v) is 16.4. The van der Waals surface area contributed by atoms with Crippen molar-refractivity contribution in [1.82, 2.24) is 5.01 Å². The maximum absolute atomic E-state index is 12.6. The van der Waals surface area contributed by atoms with Crippen LogP contribution in [-0.4, -0.2) is 75.2 Å². The molecule has 0 aromatic heterocycles. The van der Waals surface area contributed by atoms with Crippen LogP contribution in [0.5, 0.6) is 0 Å². The van der Waals surface area contributed by atoms with Crippen molar-refractivity contribution in [2.24, 2.45) is 16.9 Å². The number of amides is 1. The van der Waals surface area contributed by atoms with E-state index in [4.69, 9.17) is 5.11 Å². The quantitative estimate of drug-likeness (QED) is 0.401. The average Bonchev–Trinajstić information content (AvgIpc) is 2.69. The van der Waals surface area contributed by atoms with Crippen molar-refractivity contribution in [1.29, 1.82) is 0 Å². The van der Waals surface area contributed by atoms with Gasteiger partial charge in [0.2, 0.25) is 11.0 Å². The Labute approximate surface area is 192 Å². The summed E-state index contributed by atoms with van der Waals surface area (Å²) in [4.78, 5) is 35.9. The third kappa shape index (κ3) is 8.47. The molecule has 0 spiro atoms. The van der Waals surface area contributed by atoms with E-state index in [9.17, 15) is 14.4 Å². The molecule has 0 heterocycles. The van der Waals surface area contributed by atoms with Gasteiger partial charge in [0.25, 0.3) is 0 Å². The molecule has 1 fully saturated rings. The molecule has 0 bridgehead atoms. The van der Waals surface area contributed by atoms with Crippen molar-refractivity contribution in [2.45, 2.75) is 39.0 Å². The molecule has 0 aliphatic heterocycles. The molecule has 1 unspecified atom stereocenters. The standard InChI is InChI=1S/C20H26N2O4S.Na.H/c1-15(14-27-20(26)17-10-6-3-7-11-17)19(25)22(13-18(23)24)21-12-16-8-4-2-5-9-16;;/h3,6-7,10-12,15-16H,2,4-5,8-9,13-14H2,1H3,(H,23,24);;/b21-12+;;. The summed E-state index contributed by atoms with van der Waals surface area (Å²) < 4.78 is 0. The number of carbonyl (C=O) groups is 3. The average molecular weight is 415 g/mol. The van der Waals surface area contributed by atoms with E-state index in [0.29, 0.717) is 11.5 Å². The van der Waals surface area contributed by atoms with Crippen LogP contribution >= 0.6 is 11.8 Å². The van der Waals surface area contributed by atoms with E-state index < -0.39 is 18.4 Å². The fraction of sp³-hybridized carbons (Fsp3) is 0.500. The molecule has 148 valence electrons. The summed E-state index contributed by atoms with van der Waals surface area (Å²) in [6.45, 7) is 1.22. The SMILES string of the molecule is CC(CSC(=O)c1ccccc1)C(=O)N(CC(=O)O)/N=C/C1CCCCC1.[NaH]. The number of aliphatic carboxylic acids is 1. The van der Waals surface area contributed by atoms with Gasteiger partial charge in [-0.05, 0) is 18.8 Å². The van der Waals surface area contributed by atoms with Gasteiger partial charge in [0, 0.05) is 23.4 Å². The minimum absolute atomic E-state index is 0. The summed E-state index contributed by atoms with van der Waals surface area (Å²) in [5, 5.41) is 14.2. The van der Waals surface area contributed by atoms with E-state index in [1.807, 2.05) is 6.07 Å². The Balaban J connectivity index is 0.00000392. The zero-order chi connectivity index (χ0) is 19.6. The zero-order valence-electron chi connectivity index (χ0n) is 15.5. The third-order valence-corrected chi connectivity index (χ3v) is 5.67. The van der Waals surface area contributed by atoms with Crippen molar-refractivity contribution in [3.8, 4) is 0 Å². The van der Waals surface area contributed by atoms with E-state index in [0.717, 1.165) is 42.5 Å². The van der Waals surface area contributed by atoms with E-state index in [1.54, 1.807) is 37.4 Å². The third-order valence-electron chi connectivity index (χ3n) is 4.50. The van der Waals surface area contributed by atoms with Crippen LogP contribution in [0.15, 0.2) is 35.4 Å². The molecule has 6 nitrogen and oxygen atoms in total. The summed E-state index contributed by atoms with van der Waals surface area (Å²) in [5.41, 5.74) is 0.583. The van der Waals surface area contributed by atoms with Gasteiger partial charge in [0.1, 0.15) is 6.54 Å². The first kappa shape index (κ1) is 24.9. The van der Waals surface area contributed by atoms with Crippen LogP contribution in [0, 0.1) is 11.8 Å². The molecule has 2 rings (SSSR count). The van der Waals surface area contributed by atoms with Crippen LogP contribution in [0.1, 0.15) is 49.4 Å². The molecule has 1 aromatic carbocycles.